The second kappa shape index (κ2) is 12.8. The summed E-state index contributed by atoms with van der Waals surface area (Å²) < 4.78 is 0. The Hall–Kier alpha value is -4.11. The summed E-state index contributed by atoms with van der Waals surface area (Å²) in [5.74, 6) is -0.632. The van der Waals surface area contributed by atoms with Crippen molar-refractivity contribution < 1.29 is 14.7 Å². The van der Waals surface area contributed by atoms with Crippen LogP contribution in [0.5, 0.6) is 5.75 Å². The number of rotatable bonds is 10. The fourth-order valence-electron chi connectivity index (χ4n) is 3.10. The highest BCUT2D eigenvalue weighted by Crippen LogP contribution is 2.19. The van der Waals surface area contributed by atoms with Crippen LogP contribution in [0.15, 0.2) is 72.9 Å². The number of hydrogen-bond acceptors (Lipinski definition) is 6. The van der Waals surface area contributed by atoms with Crippen LogP contribution >= 0.6 is 12.4 Å². The fraction of sp³-hybridized carbons (Fsp3) is 0.167. The van der Waals surface area contributed by atoms with Gasteiger partial charge in [-0.3, -0.25) is 20.0 Å². The van der Waals surface area contributed by atoms with Gasteiger partial charge in [0, 0.05) is 24.0 Å². The summed E-state index contributed by atoms with van der Waals surface area (Å²) in [7, 11) is 0. The number of hydrogen-bond donors (Lipinski definition) is 6. The number of benzene rings is 2. The van der Waals surface area contributed by atoms with E-state index in [1.165, 1.54) is 0 Å². The molecule has 1 aromatic heterocycles. The van der Waals surface area contributed by atoms with Crippen LogP contribution in [0.1, 0.15) is 22.9 Å². The topological polar surface area (TPSA) is 153 Å². The van der Waals surface area contributed by atoms with Crippen molar-refractivity contribution in [1.29, 1.82) is 5.41 Å². The average molecular weight is 483 g/mol. The molecule has 9 nitrogen and oxygen atoms in total. The Kier molecular flexibility index (Phi) is 9.85. The molecule has 7 N–H and O–H groups in total. The van der Waals surface area contributed by atoms with Crippen molar-refractivity contribution in [2.24, 2.45) is 5.73 Å². The average Bonchev–Trinajstić information content (AvgIpc) is 2.83. The first-order chi connectivity index (χ1) is 15.9. The minimum absolute atomic E-state index is 0. The van der Waals surface area contributed by atoms with Gasteiger partial charge in [-0.2, -0.15) is 0 Å². The zero-order valence-electron chi connectivity index (χ0n) is 18.3. The Balaban J connectivity index is 0.00000408. The number of nitrogens with one attached hydrogen (secondary N) is 4. The molecule has 0 aliphatic heterocycles. The van der Waals surface area contributed by atoms with Crippen molar-refractivity contribution in [2.75, 3.05) is 18.4 Å². The minimum Gasteiger partial charge on any atom is -0.508 e. The SMILES string of the molecule is Cl.N=C(N)c1cccc(NC(C(=O)NCC(=O)NCCc2ccc(O)cc2)c2ccccn2)c1. The molecule has 0 bridgehead atoms. The molecule has 3 rings (SSSR count). The standard InChI is InChI=1S/C24H26N6O3.ClH/c25-23(26)17-4-3-5-18(14-17)30-22(20-6-1-2-12-27-20)24(33)29-15-21(32)28-13-11-16-7-9-19(31)10-8-16;/h1-10,12,14,22,30-31H,11,13,15H2,(H3,25,26)(H,28,32)(H,29,33);1H. The van der Waals surface area contributed by atoms with Gasteiger partial charge in [-0.05, 0) is 48.4 Å². The number of carbonyl (C=O) groups is 2. The van der Waals surface area contributed by atoms with E-state index >= 15 is 0 Å². The van der Waals surface area contributed by atoms with Gasteiger partial charge in [0.1, 0.15) is 17.6 Å². The van der Waals surface area contributed by atoms with E-state index in [0.717, 1.165) is 5.56 Å². The molecule has 0 aliphatic carbocycles. The maximum absolute atomic E-state index is 12.9. The predicted octanol–water partition coefficient (Wildman–Crippen LogP) is 2.12. The second-order valence-corrected chi connectivity index (χ2v) is 7.31. The van der Waals surface area contributed by atoms with Gasteiger partial charge in [0.2, 0.25) is 11.8 Å². The Bertz CT molecular complexity index is 1110. The second-order valence-electron chi connectivity index (χ2n) is 7.31. The molecule has 0 saturated heterocycles. The van der Waals surface area contributed by atoms with Crippen molar-refractivity contribution in [3.05, 3.63) is 89.7 Å². The summed E-state index contributed by atoms with van der Waals surface area (Å²) in [5.41, 5.74) is 8.13. The molecule has 178 valence electrons. The third-order valence-electron chi connectivity index (χ3n) is 4.83. The lowest BCUT2D eigenvalue weighted by molar-refractivity contribution is -0.126. The predicted molar refractivity (Wildman–Crippen MR) is 133 cm³/mol. The van der Waals surface area contributed by atoms with Crippen LogP contribution in [0.4, 0.5) is 5.69 Å². The number of phenols is 1. The molecule has 0 radical (unpaired) electrons. The smallest absolute Gasteiger partial charge is 0.249 e. The van der Waals surface area contributed by atoms with Crippen LogP contribution in [0, 0.1) is 5.41 Å². The Labute approximate surface area is 203 Å². The number of anilines is 1. The van der Waals surface area contributed by atoms with E-state index in [2.05, 4.69) is 20.9 Å². The number of nitrogen functional groups attached to an aromatic ring is 1. The molecule has 0 aliphatic rings. The van der Waals surface area contributed by atoms with Gasteiger partial charge in [0.05, 0.1) is 12.2 Å². The van der Waals surface area contributed by atoms with Gasteiger partial charge >= 0.3 is 0 Å². The number of aromatic nitrogens is 1. The van der Waals surface area contributed by atoms with E-state index in [4.69, 9.17) is 11.1 Å². The quantitative estimate of drug-likeness (QED) is 0.192. The van der Waals surface area contributed by atoms with Crippen molar-refractivity contribution in [3.8, 4) is 5.75 Å². The summed E-state index contributed by atoms with van der Waals surface area (Å²) in [6.45, 7) is 0.214. The zero-order chi connectivity index (χ0) is 23.6. The number of carbonyl (C=O) groups excluding carboxylic acids is 2. The Morgan fingerprint density at radius 1 is 1.03 bits per heavy atom. The fourth-order valence-corrected chi connectivity index (χ4v) is 3.10. The van der Waals surface area contributed by atoms with Crippen molar-refractivity contribution >= 4 is 35.7 Å². The molecular weight excluding hydrogens is 456 g/mol. The summed E-state index contributed by atoms with van der Waals surface area (Å²) in [5, 5.41) is 25.4. The highest BCUT2D eigenvalue weighted by atomic mass is 35.5. The van der Waals surface area contributed by atoms with Gasteiger partial charge < -0.3 is 26.8 Å². The molecular formula is C24H27ClN6O3. The van der Waals surface area contributed by atoms with Crippen molar-refractivity contribution in [3.63, 3.8) is 0 Å². The number of phenolic OH excluding ortho intramolecular Hbond substituents is 1. The first-order valence-electron chi connectivity index (χ1n) is 10.4. The molecule has 10 heteroatoms. The van der Waals surface area contributed by atoms with Gasteiger partial charge in [-0.1, -0.05) is 30.3 Å². The number of amides is 2. The van der Waals surface area contributed by atoms with Crippen LogP contribution in [0.25, 0.3) is 0 Å². The van der Waals surface area contributed by atoms with E-state index in [1.54, 1.807) is 72.9 Å². The molecule has 3 aromatic rings. The van der Waals surface area contributed by atoms with Crippen molar-refractivity contribution in [2.45, 2.75) is 12.5 Å². The lowest BCUT2D eigenvalue weighted by Gasteiger charge is -2.19. The minimum atomic E-state index is -0.849. The lowest BCUT2D eigenvalue weighted by Crippen LogP contribution is -2.41. The molecule has 2 amide bonds. The van der Waals surface area contributed by atoms with Crippen LogP contribution in [0.3, 0.4) is 0 Å². The van der Waals surface area contributed by atoms with E-state index in [-0.39, 0.29) is 36.4 Å². The van der Waals surface area contributed by atoms with E-state index in [9.17, 15) is 14.7 Å². The highest BCUT2D eigenvalue weighted by molar-refractivity contribution is 5.96. The van der Waals surface area contributed by atoms with Crippen LogP contribution < -0.4 is 21.7 Å². The molecule has 0 fully saturated rings. The summed E-state index contributed by atoms with van der Waals surface area (Å²) in [4.78, 5) is 29.4. The van der Waals surface area contributed by atoms with Gasteiger partial charge in [0.15, 0.2) is 0 Å². The van der Waals surface area contributed by atoms with E-state index in [0.29, 0.717) is 29.9 Å². The normalized spacial score (nSPS) is 10.9. The number of nitrogens with zero attached hydrogens (tertiary/aromatic N) is 1. The maximum atomic E-state index is 12.9. The van der Waals surface area contributed by atoms with Crippen molar-refractivity contribution in [1.82, 2.24) is 15.6 Å². The molecule has 0 spiro atoms. The number of amidine groups is 1. The zero-order valence-corrected chi connectivity index (χ0v) is 19.1. The molecule has 0 saturated carbocycles. The monoisotopic (exact) mass is 482 g/mol. The first-order valence-corrected chi connectivity index (χ1v) is 10.4. The molecule has 2 aromatic carbocycles. The number of halogens is 1. The summed E-state index contributed by atoms with van der Waals surface area (Å²) in [6, 6.07) is 18.0. The number of nitrogens with two attached hydrogens (primary N) is 1. The van der Waals surface area contributed by atoms with Crippen LogP contribution in [-0.2, 0) is 16.0 Å². The Morgan fingerprint density at radius 2 is 1.79 bits per heavy atom. The molecule has 34 heavy (non-hydrogen) atoms. The highest BCUT2D eigenvalue weighted by Gasteiger charge is 2.22. The number of aromatic hydroxyl groups is 1. The third kappa shape index (κ3) is 7.79. The molecule has 1 heterocycles. The Morgan fingerprint density at radius 3 is 2.47 bits per heavy atom. The first kappa shape index (κ1) is 26.1. The van der Waals surface area contributed by atoms with E-state index in [1.807, 2.05) is 0 Å². The van der Waals surface area contributed by atoms with Gasteiger partial charge in [-0.25, -0.2) is 0 Å². The third-order valence-corrected chi connectivity index (χ3v) is 4.83. The largest absolute Gasteiger partial charge is 0.508 e. The van der Waals surface area contributed by atoms with E-state index < -0.39 is 11.9 Å². The van der Waals surface area contributed by atoms with Crippen LogP contribution in [0.2, 0.25) is 0 Å². The van der Waals surface area contributed by atoms with Gasteiger partial charge in [0.25, 0.3) is 0 Å². The molecule has 1 atom stereocenters. The summed E-state index contributed by atoms with van der Waals surface area (Å²) in [6.07, 6.45) is 2.18. The molecule has 1 unspecified atom stereocenters. The summed E-state index contributed by atoms with van der Waals surface area (Å²) >= 11 is 0. The lowest BCUT2D eigenvalue weighted by atomic mass is 10.1. The van der Waals surface area contributed by atoms with Gasteiger partial charge in [-0.15, -0.1) is 12.4 Å². The maximum Gasteiger partial charge on any atom is 0.249 e. The van der Waals surface area contributed by atoms with Crippen LogP contribution in [-0.4, -0.2) is 40.8 Å². The number of pyridine rings is 1.